The molecule has 1 atom stereocenters. The van der Waals surface area contributed by atoms with Crippen LogP contribution in [0, 0.1) is 0 Å². The fourth-order valence-electron chi connectivity index (χ4n) is 3.58. The number of fused-ring (bicyclic) bond motifs is 1. The highest BCUT2D eigenvalue weighted by Crippen LogP contribution is 2.42. The average Bonchev–Trinajstić information content (AvgIpc) is 2.94. The number of benzene rings is 2. The summed E-state index contributed by atoms with van der Waals surface area (Å²) in [7, 11) is 0. The van der Waals surface area contributed by atoms with Gasteiger partial charge in [-0.1, -0.05) is 55.5 Å². The largest absolute Gasteiger partial charge is 0.481 e. The zero-order valence-electron chi connectivity index (χ0n) is 13.0. The fourth-order valence-corrected chi connectivity index (χ4v) is 3.58. The third kappa shape index (κ3) is 2.54. The lowest BCUT2D eigenvalue weighted by Gasteiger charge is -2.25. The molecule has 2 heteroatoms. The Morgan fingerprint density at radius 3 is 2.45 bits per heavy atom. The molecule has 1 aliphatic carbocycles. The molecule has 0 aliphatic heterocycles. The molecule has 0 spiro atoms. The molecule has 0 aromatic heterocycles. The van der Waals surface area contributed by atoms with Gasteiger partial charge in [-0.3, -0.25) is 4.79 Å². The van der Waals surface area contributed by atoms with Crippen LogP contribution >= 0.6 is 0 Å². The standard InChI is InChI=1S/C20H22O2/c1-2-15-7-9-16(10-8-15)11-13-20(19(21)22)14-12-17-5-3-4-6-18(17)20/h3-10H,2,11-14H2,1H3,(H,21,22). The van der Waals surface area contributed by atoms with Crippen LogP contribution in [0.5, 0.6) is 0 Å². The first-order chi connectivity index (χ1) is 10.7. The smallest absolute Gasteiger partial charge is 0.314 e. The third-order valence-electron chi connectivity index (χ3n) is 5.04. The van der Waals surface area contributed by atoms with Crippen LogP contribution in [0.15, 0.2) is 48.5 Å². The Morgan fingerprint density at radius 1 is 1.09 bits per heavy atom. The highest BCUT2D eigenvalue weighted by atomic mass is 16.4. The number of carboxylic acids is 1. The Bertz CT molecular complexity index is 672. The number of carboxylic acid groups (broad SMARTS) is 1. The summed E-state index contributed by atoms with van der Waals surface area (Å²) in [5.74, 6) is -0.678. The van der Waals surface area contributed by atoms with E-state index in [9.17, 15) is 9.90 Å². The van der Waals surface area contributed by atoms with E-state index in [1.165, 1.54) is 16.7 Å². The molecule has 3 rings (SSSR count). The number of carbonyl (C=O) groups is 1. The van der Waals surface area contributed by atoms with Gasteiger partial charge in [-0.15, -0.1) is 0 Å². The third-order valence-corrected chi connectivity index (χ3v) is 5.04. The molecule has 0 saturated heterocycles. The van der Waals surface area contributed by atoms with Crippen LogP contribution in [-0.4, -0.2) is 11.1 Å². The summed E-state index contributed by atoms with van der Waals surface area (Å²) in [5.41, 5.74) is 4.06. The van der Waals surface area contributed by atoms with Crippen molar-refractivity contribution in [3.05, 3.63) is 70.8 Å². The van der Waals surface area contributed by atoms with Crippen LogP contribution in [0.3, 0.4) is 0 Å². The molecular weight excluding hydrogens is 272 g/mol. The highest BCUT2D eigenvalue weighted by Gasteiger charge is 2.44. The van der Waals surface area contributed by atoms with Crippen molar-refractivity contribution in [3.63, 3.8) is 0 Å². The van der Waals surface area contributed by atoms with Crippen LogP contribution in [-0.2, 0) is 29.5 Å². The molecule has 2 aromatic rings. The average molecular weight is 294 g/mol. The molecule has 114 valence electrons. The molecular formula is C20H22O2. The number of hydrogen-bond acceptors (Lipinski definition) is 1. The molecule has 0 bridgehead atoms. The SMILES string of the molecule is CCc1ccc(CCC2(C(=O)O)CCc3ccccc32)cc1. The zero-order valence-corrected chi connectivity index (χ0v) is 13.0. The van der Waals surface area contributed by atoms with Crippen molar-refractivity contribution in [1.82, 2.24) is 0 Å². The van der Waals surface area contributed by atoms with Crippen LogP contribution < -0.4 is 0 Å². The summed E-state index contributed by atoms with van der Waals surface area (Å²) < 4.78 is 0. The van der Waals surface area contributed by atoms with Crippen molar-refractivity contribution in [3.8, 4) is 0 Å². The van der Waals surface area contributed by atoms with Gasteiger partial charge >= 0.3 is 5.97 Å². The van der Waals surface area contributed by atoms with E-state index in [-0.39, 0.29) is 0 Å². The number of rotatable bonds is 5. The maximum absolute atomic E-state index is 12.0. The number of hydrogen-bond donors (Lipinski definition) is 1. The molecule has 0 fully saturated rings. The monoisotopic (exact) mass is 294 g/mol. The maximum atomic E-state index is 12.0. The van der Waals surface area contributed by atoms with Crippen LogP contribution in [0.2, 0.25) is 0 Å². The van der Waals surface area contributed by atoms with Gasteiger partial charge in [0.15, 0.2) is 0 Å². The quantitative estimate of drug-likeness (QED) is 0.899. The van der Waals surface area contributed by atoms with Crippen LogP contribution in [0.25, 0.3) is 0 Å². The van der Waals surface area contributed by atoms with Crippen molar-refractivity contribution >= 4 is 5.97 Å². The Kier molecular flexibility index (Phi) is 4.02. The molecule has 0 amide bonds. The second kappa shape index (κ2) is 5.96. The normalized spacial score (nSPS) is 19.9. The molecule has 2 nitrogen and oxygen atoms in total. The number of aryl methyl sites for hydroxylation is 3. The van der Waals surface area contributed by atoms with Crippen LogP contribution in [0.4, 0.5) is 0 Å². The Hall–Kier alpha value is -2.09. The Balaban J connectivity index is 1.83. The lowest BCUT2D eigenvalue weighted by Crippen LogP contribution is -2.34. The molecule has 1 unspecified atom stereocenters. The van der Waals surface area contributed by atoms with Gasteiger partial charge in [-0.25, -0.2) is 0 Å². The summed E-state index contributed by atoms with van der Waals surface area (Å²) in [6, 6.07) is 16.6. The summed E-state index contributed by atoms with van der Waals surface area (Å²) >= 11 is 0. The molecule has 0 saturated carbocycles. The summed E-state index contributed by atoms with van der Waals surface area (Å²) in [6.45, 7) is 2.14. The van der Waals surface area contributed by atoms with E-state index in [1.54, 1.807) is 0 Å². The highest BCUT2D eigenvalue weighted by molar-refractivity contribution is 5.83. The zero-order chi connectivity index (χ0) is 15.6. The van der Waals surface area contributed by atoms with Gasteiger partial charge in [-0.05, 0) is 54.4 Å². The molecule has 1 N–H and O–H groups in total. The summed E-state index contributed by atoms with van der Waals surface area (Å²) in [6.07, 6.45) is 4.11. The fraction of sp³-hybridized carbons (Fsp3) is 0.350. The lowest BCUT2D eigenvalue weighted by atomic mass is 9.77. The van der Waals surface area contributed by atoms with Crippen LogP contribution in [0.1, 0.15) is 42.0 Å². The second-order valence-corrected chi connectivity index (χ2v) is 6.21. The van der Waals surface area contributed by atoms with Gasteiger partial charge in [0.05, 0.1) is 5.41 Å². The molecule has 22 heavy (non-hydrogen) atoms. The Labute approximate surface area is 131 Å². The maximum Gasteiger partial charge on any atom is 0.314 e. The van der Waals surface area contributed by atoms with E-state index in [2.05, 4.69) is 37.3 Å². The van der Waals surface area contributed by atoms with Crippen molar-refractivity contribution in [2.24, 2.45) is 0 Å². The van der Waals surface area contributed by atoms with Gasteiger partial charge < -0.3 is 5.11 Å². The van der Waals surface area contributed by atoms with Gasteiger partial charge in [0.1, 0.15) is 0 Å². The molecule has 0 radical (unpaired) electrons. The lowest BCUT2D eigenvalue weighted by molar-refractivity contribution is -0.144. The van der Waals surface area contributed by atoms with Crippen molar-refractivity contribution in [2.45, 2.75) is 44.4 Å². The molecule has 2 aromatic carbocycles. The first kappa shape index (κ1) is 14.8. The minimum absolute atomic E-state index is 0.671. The van der Waals surface area contributed by atoms with Gasteiger partial charge in [0.2, 0.25) is 0 Å². The van der Waals surface area contributed by atoms with E-state index in [4.69, 9.17) is 0 Å². The van der Waals surface area contributed by atoms with E-state index in [0.29, 0.717) is 12.8 Å². The van der Waals surface area contributed by atoms with Crippen molar-refractivity contribution in [1.29, 1.82) is 0 Å². The van der Waals surface area contributed by atoms with Gasteiger partial charge in [-0.2, -0.15) is 0 Å². The number of aliphatic carboxylic acids is 1. The Morgan fingerprint density at radius 2 is 1.77 bits per heavy atom. The molecule has 0 heterocycles. The first-order valence-electron chi connectivity index (χ1n) is 8.05. The van der Waals surface area contributed by atoms with E-state index >= 15 is 0 Å². The molecule has 1 aliphatic rings. The predicted octanol–water partition coefficient (Wildman–Crippen LogP) is 4.15. The first-order valence-corrected chi connectivity index (χ1v) is 8.05. The summed E-state index contributed by atoms with van der Waals surface area (Å²) in [5, 5.41) is 9.87. The van der Waals surface area contributed by atoms with E-state index in [1.807, 2.05) is 18.2 Å². The van der Waals surface area contributed by atoms with E-state index < -0.39 is 11.4 Å². The minimum atomic E-state index is -0.708. The van der Waals surface area contributed by atoms with E-state index in [0.717, 1.165) is 24.8 Å². The van der Waals surface area contributed by atoms with Gasteiger partial charge in [0, 0.05) is 0 Å². The second-order valence-electron chi connectivity index (χ2n) is 6.21. The van der Waals surface area contributed by atoms with Gasteiger partial charge in [0.25, 0.3) is 0 Å². The van der Waals surface area contributed by atoms with Crippen molar-refractivity contribution < 1.29 is 9.90 Å². The minimum Gasteiger partial charge on any atom is -0.481 e. The predicted molar refractivity (Wildman–Crippen MR) is 88.2 cm³/mol. The summed E-state index contributed by atoms with van der Waals surface area (Å²) in [4.78, 5) is 12.0. The topological polar surface area (TPSA) is 37.3 Å². The van der Waals surface area contributed by atoms with Crippen molar-refractivity contribution in [2.75, 3.05) is 0 Å².